The van der Waals surface area contributed by atoms with Crippen molar-refractivity contribution >= 4 is 24.4 Å². The Balaban J connectivity index is 2.68. The Morgan fingerprint density at radius 2 is 2.17 bits per heavy atom. The Bertz CT molecular complexity index is 238. The third-order valence-electron chi connectivity index (χ3n) is 1.42. The van der Waals surface area contributed by atoms with Crippen LogP contribution < -0.4 is 4.74 Å². The highest BCUT2D eigenvalue weighted by molar-refractivity contribution is 7.98. The number of hydrogen-bond acceptors (Lipinski definition) is 3. The molecule has 0 spiro atoms. The van der Waals surface area contributed by atoms with E-state index in [0.717, 1.165) is 11.5 Å². The van der Waals surface area contributed by atoms with Gasteiger partial charge in [-0.2, -0.15) is 12.6 Å². The van der Waals surface area contributed by atoms with Crippen LogP contribution in [-0.4, -0.2) is 18.6 Å². The monoisotopic (exact) mass is 200 g/mol. The van der Waals surface area contributed by atoms with Crippen LogP contribution in [0.25, 0.3) is 0 Å². The molecule has 0 aliphatic carbocycles. The molecule has 0 aliphatic heterocycles. The van der Waals surface area contributed by atoms with E-state index in [0.29, 0.717) is 6.61 Å². The Hall–Kier alpha value is -0.280. The van der Waals surface area contributed by atoms with E-state index < -0.39 is 0 Å². The maximum absolute atomic E-state index is 5.48. The van der Waals surface area contributed by atoms with Crippen molar-refractivity contribution in [1.29, 1.82) is 0 Å². The quantitative estimate of drug-likeness (QED) is 0.591. The topological polar surface area (TPSA) is 9.23 Å². The zero-order chi connectivity index (χ0) is 8.81. The molecule has 0 heterocycles. The van der Waals surface area contributed by atoms with E-state index in [1.807, 2.05) is 24.5 Å². The van der Waals surface area contributed by atoms with Crippen molar-refractivity contribution < 1.29 is 4.74 Å². The molecule has 0 radical (unpaired) electrons. The number of hydrogen-bond donors (Lipinski definition) is 1. The summed E-state index contributed by atoms with van der Waals surface area (Å²) in [5.41, 5.74) is 0. The molecular formula is C9H12OS2. The number of thioether (sulfide) groups is 1. The Morgan fingerprint density at radius 3 is 2.83 bits per heavy atom. The second-order valence-electron chi connectivity index (χ2n) is 2.22. The molecule has 0 saturated carbocycles. The largest absolute Gasteiger partial charge is 0.492 e. The summed E-state index contributed by atoms with van der Waals surface area (Å²) < 4.78 is 5.48. The van der Waals surface area contributed by atoms with E-state index in [-0.39, 0.29) is 0 Å². The van der Waals surface area contributed by atoms with Gasteiger partial charge in [0.15, 0.2) is 0 Å². The highest BCUT2D eigenvalue weighted by Gasteiger charge is 1.99. The lowest BCUT2D eigenvalue weighted by atomic mass is 10.3. The summed E-state index contributed by atoms with van der Waals surface area (Å²) in [7, 11) is 0. The summed E-state index contributed by atoms with van der Waals surface area (Å²) in [5.74, 6) is 1.71. The molecule has 0 saturated heterocycles. The molecule has 0 fully saturated rings. The number of thiol groups is 1. The molecule has 0 atom stereocenters. The lowest BCUT2D eigenvalue weighted by Gasteiger charge is -2.07. The van der Waals surface area contributed by atoms with Crippen molar-refractivity contribution in [3.05, 3.63) is 24.3 Å². The average molecular weight is 200 g/mol. The molecule has 12 heavy (non-hydrogen) atoms. The normalized spacial score (nSPS) is 9.83. The maximum Gasteiger partial charge on any atom is 0.132 e. The summed E-state index contributed by atoms with van der Waals surface area (Å²) in [6, 6.07) is 8.03. The summed E-state index contributed by atoms with van der Waals surface area (Å²) in [6.45, 7) is 0.667. The number of para-hydroxylation sites is 1. The Labute approximate surface area is 82.9 Å². The smallest absolute Gasteiger partial charge is 0.132 e. The number of benzene rings is 1. The third-order valence-corrected chi connectivity index (χ3v) is 2.38. The summed E-state index contributed by atoms with van der Waals surface area (Å²) in [6.07, 6.45) is 2.04. The second kappa shape index (κ2) is 5.38. The van der Waals surface area contributed by atoms with Gasteiger partial charge in [0.2, 0.25) is 0 Å². The fourth-order valence-corrected chi connectivity index (χ4v) is 1.53. The first-order valence-electron chi connectivity index (χ1n) is 3.75. The average Bonchev–Trinajstić information content (AvgIpc) is 2.15. The van der Waals surface area contributed by atoms with Gasteiger partial charge < -0.3 is 4.74 Å². The highest BCUT2D eigenvalue weighted by Crippen LogP contribution is 2.26. The molecule has 66 valence electrons. The standard InChI is InChI=1S/C9H12OS2/c1-12-9-5-3-2-4-8(9)10-6-7-11/h2-5,11H,6-7H2,1H3. The van der Waals surface area contributed by atoms with Crippen molar-refractivity contribution in [1.82, 2.24) is 0 Å². The molecule has 0 amide bonds. The van der Waals surface area contributed by atoms with Crippen molar-refractivity contribution in [3.63, 3.8) is 0 Å². The van der Waals surface area contributed by atoms with Gasteiger partial charge >= 0.3 is 0 Å². The first kappa shape index (κ1) is 9.81. The van der Waals surface area contributed by atoms with Gasteiger partial charge in [0, 0.05) is 10.6 Å². The number of rotatable bonds is 4. The van der Waals surface area contributed by atoms with Gasteiger partial charge in [0.25, 0.3) is 0 Å². The van der Waals surface area contributed by atoms with Crippen molar-refractivity contribution in [2.24, 2.45) is 0 Å². The van der Waals surface area contributed by atoms with Crippen LogP contribution in [0.1, 0.15) is 0 Å². The van der Waals surface area contributed by atoms with Crippen LogP contribution in [0.5, 0.6) is 5.75 Å². The van der Waals surface area contributed by atoms with Crippen LogP contribution in [0.2, 0.25) is 0 Å². The van der Waals surface area contributed by atoms with Gasteiger partial charge in [-0.25, -0.2) is 0 Å². The Morgan fingerprint density at radius 1 is 1.42 bits per heavy atom. The third kappa shape index (κ3) is 2.64. The lowest BCUT2D eigenvalue weighted by Crippen LogP contribution is -1.98. The highest BCUT2D eigenvalue weighted by atomic mass is 32.2. The predicted octanol–water partition coefficient (Wildman–Crippen LogP) is 2.72. The first-order valence-corrected chi connectivity index (χ1v) is 5.61. The fourth-order valence-electron chi connectivity index (χ4n) is 0.894. The minimum Gasteiger partial charge on any atom is -0.492 e. The zero-order valence-electron chi connectivity index (χ0n) is 6.99. The van der Waals surface area contributed by atoms with Gasteiger partial charge in [-0.1, -0.05) is 12.1 Å². The molecular weight excluding hydrogens is 188 g/mol. The maximum atomic E-state index is 5.48. The molecule has 0 unspecified atom stereocenters. The lowest BCUT2D eigenvalue weighted by molar-refractivity contribution is 0.336. The van der Waals surface area contributed by atoms with E-state index in [4.69, 9.17) is 4.74 Å². The molecule has 0 bridgehead atoms. The zero-order valence-corrected chi connectivity index (χ0v) is 8.70. The van der Waals surface area contributed by atoms with E-state index in [1.54, 1.807) is 11.8 Å². The van der Waals surface area contributed by atoms with E-state index in [2.05, 4.69) is 18.7 Å². The molecule has 3 heteroatoms. The molecule has 1 aromatic rings. The van der Waals surface area contributed by atoms with Crippen LogP contribution in [0.4, 0.5) is 0 Å². The molecule has 0 N–H and O–H groups in total. The predicted molar refractivity (Wildman–Crippen MR) is 57.6 cm³/mol. The minimum absolute atomic E-state index is 0.667. The van der Waals surface area contributed by atoms with E-state index >= 15 is 0 Å². The van der Waals surface area contributed by atoms with Gasteiger partial charge in [-0.05, 0) is 18.4 Å². The summed E-state index contributed by atoms with van der Waals surface area (Å²) >= 11 is 5.78. The van der Waals surface area contributed by atoms with Crippen LogP contribution in [0.15, 0.2) is 29.2 Å². The van der Waals surface area contributed by atoms with E-state index in [9.17, 15) is 0 Å². The molecule has 0 aliphatic rings. The fraction of sp³-hybridized carbons (Fsp3) is 0.333. The van der Waals surface area contributed by atoms with E-state index in [1.165, 1.54) is 4.90 Å². The van der Waals surface area contributed by atoms with Crippen LogP contribution in [0.3, 0.4) is 0 Å². The molecule has 0 aromatic heterocycles. The molecule has 1 rings (SSSR count). The van der Waals surface area contributed by atoms with Gasteiger partial charge in [-0.3, -0.25) is 0 Å². The molecule has 1 aromatic carbocycles. The molecule has 1 nitrogen and oxygen atoms in total. The van der Waals surface area contributed by atoms with Gasteiger partial charge in [-0.15, -0.1) is 11.8 Å². The summed E-state index contributed by atoms with van der Waals surface area (Å²) in [4.78, 5) is 1.18. The first-order chi connectivity index (χ1) is 5.88. The van der Waals surface area contributed by atoms with Crippen molar-refractivity contribution in [2.75, 3.05) is 18.6 Å². The van der Waals surface area contributed by atoms with Crippen LogP contribution in [0, 0.1) is 0 Å². The number of ether oxygens (including phenoxy) is 1. The SMILES string of the molecule is CSc1ccccc1OCCS. The van der Waals surface area contributed by atoms with Gasteiger partial charge in [0.05, 0.1) is 6.61 Å². The van der Waals surface area contributed by atoms with Gasteiger partial charge in [0.1, 0.15) is 5.75 Å². The Kier molecular flexibility index (Phi) is 4.40. The van der Waals surface area contributed by atoms with Crippen molar-refractivity contribution in [3.8, 4) is 5.75 Å². The second-order valence-corrected chi connectivity index (χ2v) is 3.52. The minimum atomic E-state index is 0.667. The summed E-state index contributed by atoms with van der Waals surface area (Å²) in [5, 5.41) is 0. The van der Waals surface area contributed by atoms with Crippen molar-refractivity contribution in [2.45, 2.75) is 4.90 Å². The van der Waals surface area contributed by atoms with Crippen LogP contribution >= 0.6 is 24.4 Å². The van der Waals surface area contributed by atoms with Crippen LogP contribution in [-0.2, 0) is 0 Å².